The monoisotopic (exact) mass is 376 g/mol. The van der Waals surface area contributed by atoms with E-state index in [9.17, 15) is 10.1 Å². The Morgan fingerprint density at radius 2 is 2.00 bits per heavy atom. The molecule has 0 aliphatic carbocycles. The lowest BCUT2D eigenvalue weighted by molar-refractivity contribution is -0.140. The van der Waals surface area contributed by atoms with E-state index in [1.54, 1.807) is 18.9 Å². The van der Waals surface area contributed by atoms with Crippen LogP contribution in [0.3, 0.4) is 0 Å². The lowest BCUT2D eigenvalue weighted by Crippen LogP contribution is -2.40. The van der Waals surface area contributed by atoms with Crippen molar-refractivity contribution in [2.75, 3.05) is 18.6 Å². The molecule has 2 aromatic carbocycles. The van der Waals surface area contributed by atoms with E-state index in [0.717, 1.165) is 26.9 Å². The summed E-state index contributed by atoms with van der Waals surface area (Å²) in [5.74, 6) is -0.112. The number of nitrogens with zero attached hydrogens (tertiary/aromatic N) is 2. The number of nitriles is 1. The molecule has 134 valence electrons. The number of thioether (sulfide) groups is 1. The van der Waals surface area contributed by atoms with Crippen LogP contribution in [0.1, 0.15) is 11.6 Å². The number of ether oxygens (including phenoxy) is 2. The molecule has 5 nitrogen and oxygen atoms in total. The molecular formula is C21H16N2O3S. The van der Waals surface area contributed by atoms with Gasteiger partial charge in [-0.1, -0.05) is 36.0 Å². The van der Waals surface area contributed by atoms with Crippen LogP contribution in [0.15, 0.2) is 64.0 Å². The first-order valence-corrected chi connectivity index (χ1v) is 9.55. The quantitative estimate of drug-likeness (QED) is 0.741. The van der Waals surface area contributed by atoms with Gasteiger partial charge in [0.05, 0.1) is 42.1 Å². The van der Waals surface area contributed by atoms with Gasteiger partial charge in [-0.05, 0) is 29.8 Å². The smallest absolute Gasteiger partial charge is 0.314 e. The Balaban J connectivity index is 1.72. The van der Waals surface area contributed by atoms with Gasteiger partial charge in [0.1, 0.15) is 11.7 Å². The third-order valence-electron chi connectivity index (χ3n) is 5.45. The minimum atomic E-state index is -0.504. The molecule has 1 fully saturated rings. The zero-order chi connectivity index (χ0) is 18.5. The second-order valence-electron chi connectivity index (χ2n) is 6.76. The number of cyclic esters (lactones) is 1. The largest absolute Gasteiger partial charge is 0.497 e. The standard InChI is InChI=1S/C21H16N2O3S/c1-25-13-8-6-12(7-9-13)19-15-11-26-21(24)18(15)14(10-22)20-23(19)16-4-2-3-5-17(16)27-20/h2-9,15,18-19H,11H2,1H3/t15-,18-,19+/m1/s1. The summed E-state index contributed by atoms with van der Waals surface area (Å²) in [5.41, 5.74) is 2.67. The first-order chi connectivity index (χ1) is 13.2. The maximum absolute atomic E-state index is 12.5. The molecule has 0 amide bonds. The molecule has 2 aromatic rings. The number of fused-ring (bicyclic) bond motifs is 4. The minimum absolute atomic E-state index is 0.0735. The van der Waals surface area contributed by atoms with Gasteiger partial charge in [0.15, 0.2) is 0 Å². The van der Waals surface area contributed by atoms with E-state index in [2.05, 4.69) is 23.1 Å². The highest BCUT2D eigenvalue weighted by molar-refractivity contribution is 8.03. The molecule has 0 N–H and O–H groups in total. The van der Waals surface area contributed by atoms with Crippen molar-refractivity contribution in [3.05, 3.63) is 64.7 Å². The van der Waals surface area contributed by atoms with Crippen molar-refractivity contribution in [1.29, 1.82) is 5.26 Å². The van der Waals surface area contributed by atoms with Crippen LogP contribution in [0.4, 0.5) is 5.69 Å². The second-order valence-corrected chi connectivity index (χ2v) is 7.79. The molecule has 3 aliphatic heterocycles. The number of carbonyl (C=O) groups excluding carboxylic acids is 1. The number of anilines is 1. The Kier molecular flexibility index (Phi) is 3.66. The molecule has 0 saturated carbocycles. The predicted molar refractivity (Wildman–Crippen MR) is 101 cm³/mol. The Hall–Kier alpha value is -2.91. The molecule has 3 aliphatic rings. The Bertz CT molecular complexity index is 1010. The van der Waals surface area contributed by atoms with Gasteiger partial charge in [-0.2, -0.15) is 5.26 Å². The van der Waals surface area contributed by atoms with Crippen LogP contribution >= 0.6 is 11.8 Å². The average molecular weight is 376 g/mol. The summed E-state index contributed by atoms with van der Waals surface area (Å²) in [5, 5.41) is 10.7. The van der Waals surface area contributed by atoms with E-state index < -0.39 is 5.92 Å². The molecule has 27 heavy (non-hydrogen) atoms. The molecule has 0 bridgehead atoms. The van der Waals surface area contributed by atoms with E-state index >= 15 is 0 Å². The van der Waals surface area contributed by atoms with E-state index in [0.29, 0.717) is 12.2 Å². The third-order valence-corrected chi connectivity index (χ3v) is 6.63. The van der Waals surface area contributed by atoms with Crippen LogP contribution in [-0.2, 0) is 9.53 Å². The van der Waals surface area contributed by atoms with Crippen LogP contribution in [-0.4, -0.2) is 19.7 Å². The molecule has 1 saturated heterocycles. The number of esters is 1. The van der Waals surface area contributed by atoms with Crippen molar-refractivity contribution in [2.24, 2.45) is 11.8 Å². The summed E-state index contributed by atoms with van der Waals surface area (Å²) in [6.45, 7) is 0.321. The van der Waals surface area contributed by atoms with Gasteiger partial charge in [-0.3, -0.25) is 4.79 Å². The Morgan fingerprint density at radius 3 is 2.74 bits per heavy atom. The van der Waals surface area contributed by atoms with Crippen molar-refractivity contribution < 1.29 is 14.3 Å². The lowest BCUT2D eigenvalue weighted by Gasteiger charge is -2.40. The number of hydrogen-bond donors (Lipinski definition) is 0. The maximum atomic E-state index is 12.5. The van der Waals surface area contributed by atoms with Gasteiger partial charge in [-0.15, -0.1) is 0 Å². The highest BCUT2D eigenvalue weighted by atomic mass is 32.2. The summed E-state index contributed by atoms with van der Waals surface area (Å²) in [4.78, 5) is 15.8. The fourth-order valence-corrected chi connectivity index (χ4v) is 5.47. The molecule has 0 spiro atoms. The van der Waals surface area contributed by atoms with Gasteiger partial charge in [0.25, 0.3) is 0 Å². The fraction of sp³-hybridized carbons (Fsp3) is 0.238. The Morgan fingerprint density at radius 1 is 1.22 bits per heavy atom. The van der Waals surface area contributed by atoms with Crippen molar-refractivity contribution in [2.45, 2.75) is 10.9 Å². The van der Waals surface area contributed by atoms with Crippen molar-refractivity contribution in [3.8, 4) is 11.8 Å². The van der Waals surface area contributed by atoms with Gasteiger partial charge in [-0.25, -0.2) is 0 Å². The molecular weight excluding hydrogens is 360 g/mol. The number of hydrogen-bond acceptors (Lipinski definition) is 6. The SMILES string of the molecule is COc1ccc([C@H]2[C@@H]3COC(=O)[C@@H]3C(C#N)=C3Sc4ccccc4N32)cc1. The minimum Gasteiger partial charge on any atom is -0.497 e. The second kappa shape index (κ2) is 6.07. The molecule has 0 radical (unpaired) electrons. The highest BCUT2D eigenvalue weighted by Crippen LogP contribution is 2.58. The van der Waals surface area contributed by atoms with E-state index in [1.807, 2.05) is 36.4 Å². The first kappa shape index (κ1) is 16.3. The maximum Gasteiger partial charge on any atom is 0.314 e. The van der Waals surface area contributed by atoms with Crippen molar-refractivity contribution >= 4 is 23.4 Å². The van der Waals surface area contributed by atoms with Crippen LogP contribution in [0, 0.1) is 23.2 Å². The summed E-state index contributed by atoms with van der Waals surface area (Å²) >= 11 is 1.56. The molecule has 5 rings (SSSR count). The average Bonchev–Trinajstić information content (AvgIpc) is 3.28. The highest BCUT2D eigenvalue weighted by Gasteiger charge is 2.53. The number of methoxy groups -OCH3 is 1. The summed E-state index contributed by atoms with van der Waals surface area (Å²) < 4.78 is 10.7. The topological polar surface area (TPSA) is 62.6 Å². The van der Waals surface area contributed by atoms with Gasteiger partial charge >= 0.3 is 5.97 Å². The van der Waals surface area contributed by atoms with Gasteiger partial charge < -0.3 is 14.4 Å². The zero-order valence-corrected chi connectivity index (χ0v) is 15.4. The summed E-state index contributed by atoms with van der Waals surface area (Å²) in [6.07, 6.45) is 0. The molecule has 3 atom stereocenters. The van der Waals surface area contributed by atoms with E-state index in [-0.39, 0.29) is 17.9 Å². The van der Waals surface area contributed by atoms with Crippen LogP contribution in [0.2, 0.25) is 0 Å². The molecule has 0 unspecified atom stereocenters. The van der Waals surface area contributed by atoms with E-state index in [1.165, 1.54) is 0 Å². The van der Waals surface area contributed by atoms with Crippen molar-refractivity contribution in [1.82, 2.24) is 0 Å². The first-order valence-electron chi connectivity index (χ1n) is 8.74. The van der Waals surface area contributed by atoms with E-state index in [4.69, 9.17) is 9.47 Å². The number of rotatable bonds is 2. The zero-order valence-electron chi connectivity index (χ0n) is 14.6. The Labute approximate surface area is 161 Å². The van der Waals surface area contributed by atoms with Crippen LogP contribution < -0.4 is 9.64 Å². The third kappa shape index (κ3) is 2.28. The normalized spacial score (nSPS) is 25.4. The fourth-order valence-electron chi connectivity index (χ4n) is 4.25. The molecule has 0 aromatic heterocycles. The van der Waals surface area contributed by atoms with Crippen LogP contribution in [0.25, 0.3) is 0 Å². The van der Waals surface area contributed by atoms with Gasteiger partial charge in [0, 0.05) is 10.8 Å². The summed E-state index contributed by atoms with van der Waals surface area (Å²) in [7, 11) is 1.64. The molecule has 3 heterocycles. The number of para-hydroxylation sites is 1. The number of benzene rings is 2. The number of carbonyl (C=O) groups is 1. The van der Waals surface area contributed by atoms with Crippen LogP contribution in [0.5, 0.6) is 5.75 Å². The predicted octanol–water partition coefficient (Wildman–Crippen LogP) is 3.89. The van der Waals surface area contributed by atoms with Crippen molar-refractivity contribution in [3.63, 3.8) is 0 Å². The van der Waals surface area contributed by atoms with Gasteiger partial charge in [0.2, 0.25) is 0 Å². The molecule has 6 heteroatoms. The summed E-state index contributed by atoms with van der Waals surface area (Å²) in [6, 6.07) is 18.3. The lowest BCUT2D eigenvalue weighted by atomic mass is 9.77.